The molecule has 0 aromatic rings. The Hall–Kier alpha value is -0.440. The zero-order valence-corrected chi connectivity index (χ0v) is 48.9. The van der Waals surface area contributed by atoms with Crippen LogP contribution in [-0.2, 0) is 14.2 Å². The van der Waals surface area contributed by atoms with Gasteiger partial charge in [-0.25, -0.2) is 0 Å². The number of rotatable bonds is 8. The van der Waals surface area contributed by atoms with Crippen molar-refractivity contribution in [1.29, 1.82) is 0 Å². The highest BCUT2D eigenvalue weighted by Crippen LogP contribution is 2.22. The van der Waals surface area contributed by atoms with Gasteiger partial charge in [-0.3, -0.25) is 9.80 Å². The van der Waals surface area contributed by atoms with Crippen molar-refractivity contribution in [3.63, 3.8) is 0 Å². The Labute approximate surface area is 430 Å². The third-order valence-corrected chi connectivity index (χ3v) is 15.6. The van der Waals surface area contributed by atoms with E-state index in [-0.39, 0.29) is 12.2 Å². The second-order valence-corrected chi connectivity index (χ2v) is 23.8. The predicted octanol–water partition coefficient (Wildman–Crippen LogP) is 10.3. The van der Waals surface area contributed by atoms with Gasteiger partial charge in [0.1, 0.15) is 0 Å². The molecule has 11 heteroatoms. The molecule has 8 saturated heterocycles. The molecule has 0 bridgehead atoms. The summed E-state index contributed by atoms with van der Waals surface area (Å²) < 4.78 is 15.5. The molecule has 0 saturated carbocycles. The van der Waals surface area contributed by atoms with Crippen LogP contribution in [0.15, 0.2) is 0 Å². The van der Waals surface area contributed by atoms with Crippen molar-refractivity contribution in [2.45, 2.75) is 236 Å². The minimum atomic E-state index is -0.0441. The van der Waals surface area contributed by atoms with Gasteiger partial charge in [0.2, 0.25) is 0 Å². The number of morpholine rings is 1. The molecule has 0 spiro atoms. The molecule has 8 rings (SSSR count). The van der Waals surface area contributed by atoms with E-state index in [0.29, 0.717) is 18.1 Å². The van der Waals surface area contributed by atoms with Crippen LogP contribution in [0.2, 0.25) is 0 Å². The van der Waals surface area contributed by atoms with Gasteiger partial charge in [-0.2, -0.15) is 0 Å². The zero-order valence-electron chi connectivity index (χ0n) is 48.9. The summed E-state index contributed by atoms with van der Waals surface area (Å²) in [5, 5.41) is 18.0. The van der Waals surface area contributed by atoms with Gasteiger partial charge in [0.25, 0.3) is 0 Å². The van der Waals surface area contributed by atoms with E-state index >= 15 is 0 Å². The SMILES string of the molecule is CC(C)C1CCOCC1.CC(C)C1COC1.CC(C)N1CC(O)C1.CC(C)N1CCC(O)CC1.CC(C)N1CCCC1.CC(C)N1CCCCC1.CC(C)N1CCCCC1.CC(C)N1CCOCC1. The molecule has 8 aliphatic heterocycles. The molecular weight excluding hydrogens is 861 g/mol. The Morgan fingerprint density at radius 3 is 0.826 bits per heavy atom. The van der Waals surface area contributed by atoms with Crippen molar-refractivity contribution >= 4 is 0 Å². The summed E-state index contributed by atoms with van der Waals surface area (Å²) in [5.74, 6) is 3.47. The van der Waals surface area contributed by atoms with Crippen molar-refractivity contribution in [3.05, 3.63) is 0 Å². The van der Waals surface area contributed by atoms with Crippen molar-refractivity contribution in [2.75, 3.05) is 118 Å². The maximum atomic E-state index is 9.18. The monoisotopic (exact) mass is 983 g/mol. The number of hydrogen-bond acceptors (Lipinski definition) is 11. The molecule has 8 heterocycles. The van der Waals surface area contributed by atoms with Gasteiger partial charge in [0, 0.05) is 94.7 Å². The van der Waals surface area contributed by atoms with Gasteiger partial charge < -0.3 is 44.0 Å². The maximum Gasteiger partial charge on any atom is 0.0794 e. The molecule has 0 amide bonds. The van der Waals surface area contributed by atoms with Gasteiger partial charge >= 0.3 is 0 Å². The number of hydrogen-bond donors (Lipinski definition) is 2. The smallest absolute Gasteiger partial charge is 0.0794 e. The Morgan fingerprint density at radius 2 is 0.609 bits per heavy atom. The first-order valence-electron chi connectivity index (χ1n) is 29.3. The number of nitrogens with zero attached hydrogens (tertiary/aromatic N) is 6. The minimum Gasteiger partial charge on any atom is -0.393 e. The first kappa shape index (κ1) is 66.6. The van der Waals surface area contributed by atoms with E-state index in [9.17, 15) is 5.11 Å². The van der Waals surface area contributed by atoms with Crippen LogP contribution in [0, 0.1) is 23.7 Å². The summed E-state index contributed by atoms with van der Waals surface area (Å²) in [5.41, 5.74) is 0. The predicted molar refractivity (Wildman–Crippen MR) is 297 cm³/mol. The molecule has 8 aliphatic rings. The molecule has 0 atom stereocenters. The van der Waals surface area contributed by atoms with Crippen molar-refractivity contribution in [1.82, 2.24) is 29.4 Å². The van der Waals surface area contributed by atoms with E-state index in [1.807, 2.05) is 0 Å². The minimum absolute atomic E-state index is 0.0324. The standard InChI is InChI=1S/C8H17NO.2C8H17N.C8H16O.C7H15NO.C7H15N.C6H13NO.C6H12O/c1-7(2)9-5-3-8(10)4-6-9;2*1-8(2)9-6-4-3-5-7-9;2*1-7(2)8-3-5-9-6-4-8;1-7(2)8-5-3-4-6-8;1-5(2)7-3-6(8)4-7;1-5(2)6-3-7-4-6/h7-8,10H,3-6H2,1-2H3;2*8H,3-7H2,1-2H3;7-8H,3-6H2,1-2H3;7H,3-6H2,1-2H3;7H,3-6H2,1-2H3;5-6,8H,3-4H2,1-2H3;5-6H,3-4H2,1-2H3. The van der Waals surface area contributed by atoms with Crippen LogP contribution >= 0.6 is 0 Å². The summed E-state index contributed by atoms with van der Waals surface area (Å²) >= 11 is 0. The normalized spacial score (nSPS) is 23.2. The maximum absolute atomic E-state index is 9.18. The van der Waals surface area contributed by atoms with E-state index in [2.05, 4.69) is 140 Å². The molecule has 0 aromatic carbocycles. The summed E-state index contributed by atoms with van der Waals surface area (Å²) in [6.07, 6.45) is 15.8. The highest BCUT2D eigenvalue weighted by Gasteiger charge is 2.26. The topological polar surface area (TPSA) is 87.6 Å². The fourth-order valence-corrected chi connectivity index (χ4v) is 9.55. The second-order valence-electron chi connectivity index (χ2n) is 23.8. The van der Waals surface area contributed by atoms with Crippen LogP contribution in [-0.4, -0.2) is 206 Å². The Morgan fingerprint density at radius 1 is 0.304 bits per heavy atom. The summed E-state index contributed by atoms with van der Waals surface area (Å²) in [6.45, 7) is 55.8. The van der Waals surface area contributed by atoms with Crippen LogP contribution < -0.4 is 0 Å². The molecule has 414 valence electrons. The molecule has 0 unspecified atom stereocenters. The number of likely N-dealkylation sites (tertiary alicyclic amines) is 5. The first-order valence-corrected chi connectivity index (χ1v) is 29.3. The van der Waals surface area contributed by atoms with Gasteiger partial charge in [-0.15, -0.1) is 0 Å². The number of piperidine rings is 3. The van der Waals surface area contributed by atoms with Gasteiger partial charge in [0.05, 0.1) is 38.6 Å². The average Bonchev–Trinajstić information content (AvgIpc) is 3.86. The van der Waals surface area contributed by atoms with Gasteiger partial charge in [0.15, 0.2) is 0 Å². The lowest BCUT2D eigenvalue weighted by molar-refractivity contribution is -0.0534. The van der Waals surface area contributed by atoms with E-state index in [0.717, 1.165) is 134 Å². The molecule has 69 heavy (non-hydrogen) atoms. The van der Waals surface area contributed by atoms with E-state index in [1.54, 1.807) is 0 Å². The van der Waals surface area contributed by atoms with Crippen LogP contribution in [0.4, 0.5) is 0 Å². The highest BCUT2D eigenvalue weighted by atomic mass is 16.5. The van der Waals surface area contributed by atoms with Crippen molar-refractivity contribution < 1.29 is 24.4 Å². The first-order chi connectivity index (χ1) is 32.7. The summed E-state index contributed by atoms with van der Waals surface area (Å²) in [6, 6.07) is 4.26. The number of aliphatic hydroxyl groups excluding tert-OH is 2. The quantitative estimate of drug-likeness (QED) is 0.244. The Balaban J connectivity index is 0.000000395. The summed E-state index contributed by atoms with van der Waals surface area (Å²) in [4.78, 5) is 14.7. The van der Waals surface area contributed by atoms with Crippen LogP contribution in [0.5, 0.6) is 0 Å². The van der Waals surface area contributed by atoms with Gasteiger partial charge in [-0.1, -0.05) is 40.5 Å². The fourth-order valence-electron chi connectivity index (χ4n) is 9.55. The van der Waals surface area contributed by atoms with Crippen LogP contribution in [0.25, 0.3) is 0 Å². The van der Waals surface area contributed by atoms with Crippen LogP contribution in [0.1, 0.15) is 188 Å². The number of aliphatic hydroxyl groups is 2. The third kappa shape index (κ3) is 32.5. The number of β-amino-alcohol motifs (C(OH)–C–C–N with tert-alkyl or cyclic N) is 1. The molecule has 2 N–H and O–H groups in total. The van der Waals surface area contributed by atoms with E-state index in [1.165, 1.54) is 103 Å². The van der Waals surface area contributed by atoms with Crippen LogP contribution in [0.3, 0.4) is 0 Å². The van der Waals surface area contributed by atoms with Crippen molar-refractivity contribution in [3.8, 4) is 0 Å². The third-order valence-electron chi connectivity index (χ3n) is 15.6. The molecule has 0 radical (unpaired) electrons. The number of ether oxygens (including phenoxy) is 3. The highest BCUT2D eigenvalue weighted by molar-refractivity contribution is 4.81. The summed E-state index contributed by atoms with van der Waals surface area (Å²) in [7, 11) is 0. The largest absolute Gasteiger partial charge is 0.393 e. The van der Waals surface area contributed by atoms with Gasteiger partial charge in [-0.05, 0) is 204 Å². The fraction of sp³-hybridized carbons (Fsp3) is 1.00. The second kappa shape index (κ2) is 39.9. The average molecular weight is 984 g/mol. The molecule has 11 nitrogen and oxygen atoms in total. The zero-order chi connectivity index (χ0) is 51.7. The Bertz CT molecular complexity index is 1020. The van der Waals surface area contributed by atoms with Crippen molar-refractivity contribution in [2.24, 2.45) is 23.7 Å². The lowest BCUT2D eigenvalue weighted by Gasteiger charge is -2.38. The molecule has 0 aliphatic carbocycles. The van der Waals surface area contributed by atoms with E-state index in [4.69, 9.17) is 19.3 Å². The lowest BCUT2D eigenvalue weighted by Crippen LogP contribution is -2.53. The molecular formula is C58H122N6O5. The molecule has 0 aromatic heterocycles. The lowest BCUT2D eigenvalue weighted by atomic mass is 9.89. The van der Waals surface area contributed by atoms with E-state index < -0.39 is 0 Å². The molecule has 8 fully saturated rings. The Kier molecular flexibility index (Phi) is 38.5.